The molecule has 2 rings (SSSR count). The van der Waals surface area contributed by atoms with E-state index in [2.05, 4.69) is 30.5 Å². The lowest BCUT2D eigenvalue weighted by Gasteiger charge is -2.14. The number of aromatic nitrogens is 1. The van der Waals surface area contributed by atoms with Crippen molar-refractivity contribution in [3.8, 4) is 5.69 Å². The number of rotatable bonds is 3. The quantitative estimate of drug-likeness (QED) is 0.610. The van der Waals surface area contributed by atoms with Crippen molar-refractivity contribution >= 4 is 17.4 Å². The highest BCUT2D eigenvalue weighted by molar-refractivity contribution is 6.30. The van der Waals surface area contributed by atoms with Crippen molar-refractivity contribution in [2.24, 2.45) is 0 Å². The Bertz CT molecular complexity index is 640. The molecule has 1 aromatic carbocycles. The maximum Gasteiger partial charge on any atom is 0.179 e. The Morgan fingerprint density at radius 2 is 1.89 bits per heavy atom. The Kier molecular flexibility index (Phi) is 3.81. The number of aryl methyl sites for hydroxylation is 2. The molecule has 0 aliphatic carbocycles. The highest BCUT2D eigenvalue weighted by atomic mass is 35.5. The van der Waals surface area contributed by atoms with Gasteiger partial charge in [-0.25, -0.2) is 0 Å². The van der Waals surface area contributed by atoms with Gasteiger partial charge in [0.15, 0.2) is 5.78 Å². The molecule has 0 aliphatic rings. The molecule has 0 saturated carbocycles. The molecule has 0 atom stereocenters. The van der Waals surface area contributed by atoms with Crippen molar-refractivity contribution in [2.75, 3.05) is 5.88 Å². The van der Waals surface area contributed by atoms with Crippen LogP contribution < -0.4 is 0 Å². The molecule has 0 amide bonds. The van der Waals surface area contributed by atoms with Crippen LogP contribution in [-0.2, 0) is 0 Å². The SMILES string of the molecule is Cc1cccc(-n2c(C)cc(C(=O)CCl)c2C)c1C. The van der Waals surface area contributed by atoms with Crippen LogP contribution in [0.15, 0.2) is 24.3 Å². The fourth-order valence-electron chi connectivity index (χ4n) is 2.47. The number of carbonyl (C=O) groups is 1. The van der Waals surface area contributed by atoms with E-state index in [9.17, 15) is 4.79 Å². The van der Waals surface area contributed by atoms with Crippen LogP contribution in [0.1, 0.15) is 32.9 Å². The minimum absolute atomic E-state index is 0.0219. The van der Waals surface area contributed by atoms with Gasteiger partial charge in [-0.1, -0.05) is 12.1 Å². The van der Waals surface area contributed by atoms with Crippen LogP contribution in [0, 0.1) is 27.7 Å². The molecule has 0 bridgehead atoms. The Balaban J connectivity index is 2.67. The van der Waals surface area contributed by atoms with Gasteiger partial charge in [0.05, 0.1) is 5.88 Å². The summed E-state index contributed by atoms with van der Waals surface area (Å²) in [6, 6.07) is 8.14. The zero-order valence-corrected chi connectivity index (χ0v) is 12.5. The van der Waals surface area contributed by atoms with Gasteiger partial charge in [-0.05, 0) is 51.0 Å². The number of carbonyl (C=O) groups excluding carboxylic acids is 1. The van der Waals surface area contributed by atoms with Gasteiger partial charge in [0.1, 0.15) is 0 Å². The maximum atomic E-state index is 11.8. The van der Waals surface area contributed by atoms with E-state index >= 15 is 0 Å². The van der Waals surface area contributed by atoms with Crippen LogP contribution >= 0.6 is 11.6 Å². The van der Waals surface area contributed by atoms with Gasteiger partial charge in [-0.2, -0.15) is 0 Å². The summed E-state index contributed by atoms with van der Waals surface area (Å²) in [6.45, 7) is 8.18. The number of benzene rings is 1. The molecular formula is C16H18ClNO. The predicted octanol–water partition coefficient (Wildman–Crippen LogP) is 4.13. The topological polar surface area (TPSA) is 22.0 Å². The van der Waals surface area contributed by atoms with Gasteiger partial charge in [0, 0.05) is 22.6 Å². The molecule has 100 valence electrons. The molecule has 19 heavy (non-hydrogen) atoms. The molecule has 0 fully saturated rings. The molecule has 0 saturated heterocycles. The predicted molar refractivity (Wildman–Crippen MR) is 79.8 cm³/mol. The third kappa shape index (κ3) is 2.33. The Morgan fingerprint density at radius 3 is 2.53 bits per heavy atom. The Morgan fingerprint density at radius 1 is 1.21 bits per heavy atom. The van der Waals surface area contributed by atoms with Crippen LogP contribution in [-0.4, -0.2) is 16.2 Å². The van der Waals surface area contributed by atoms with Crippen molar-refractivity contribution < 1.29 is 4.79 Å². The summed E-state index contributed by atoms with van der Waals surface area (Å²) in [6.07, 6.45) is 0. The summed E-state index contributed by atoms with van der Waals surface area (Å²) in [5.74, 6) is 0.00297. The first kappa shape index (κ1) is 13.9. The molecule has 0 spiro atoms. The molecule has 0 aliphatic heterocycles. The van der Waals surface area contributed by atoms with Crippen molar-refractivity contribution in [1.82, 2.24) is 4.57 Å². The summed E-state index contributed by atoms with van der Waals surface area (Å²) in [4.78, 5) is 11.8. The van der Waals surface area contributed by atoms with E-state index in [0.717, 1.165) is 17.1 Å². The number of hydrogen-bond donors (Lipinski definition) is 0. The summed E-state index contributed by atoms with van der Waals surface area (Å²) in [5, 5.41) is 0. The summed E-state index contributed by atoms with van der Waals surface area (Å²) < 4.78 is 2.13. The van der Waals surface area contributed by atoms with E-state index in [1.807, 2.05) is 26.0 Å². The van der Waals surface area contributed by atoms with E-state index in [0.29, 0.717) is 5.56 Å². The van der Waals surface area contributed by atoms with E-state index in [1.54, 1.807) is 0 Å². The molecule has 2 aromatic rings. The highest BCUT2D eigenvalue weighted by Crippen LogP contribution is 2.25. The zero-order valence-electron chi connectivity index (χ0n) is 11.7. The smallest absolute Gasteiger partial charge is 0.179 e. The van der Waals surface area contributed by atoms with Crippen molar-refractivity contribution in [1.29, 1.82) is 0 Å². The van der Waals surface area contributed by atoms with Gasteiger partial charge in [0.2, 0.25) is 0 Å². The Hall–Kier alpha value is -1.54. The lowest BCUT2D eigenvalue weighted by molar-refractivity contribution is 0.102. The first-order valence-corrected chi connectivity index (χ1v) is 6.85. The van der Waals surface area contributed by atoms with Crippen LogP contribution in [0.4, 0.5) is 0 Å². The Labute approximate surface area is 119 Å². The average molecular weight is 276 g/mol. The standard InChI is InChI=1S/C16H18ClNO/c1-10-6-5-7-15(12(10)3)18-11(2)8-14(13(18)4)16(19)9-17/h5-8H,9H2,1-4H3. The summed E-state index contributed by atoms with van der Waals surface area (Å²) >= 11 is 5.66. The fraction of sp³-hybridized carbons (Fsp3) is 0.312. The van der Waals surface area contributed by atoms with Crippen molar-refractivity contribution in [3.05, 3.63) is 52.3 Å². The second-order valence-corrected chi connectivity index (χ2v) is 5.16. The van der Waals surface area contributed by atoms with E-state index < -0.39 is 0 Å². The minimum Gasteiger partial charge on any atom is -0.317 e. The second-order valence-electron chi connectivity index (χ2n) is 4.90. The first-order chi connectivity index (χ1) is 8.97. The minimum atomic E-state index is -0.0219. The molecule has 3 heteroatoms. The number of Topliss-reactive ketones (excluding diaryl/α,β-unsaturated/α-hetero) is 1. The summed E-state index contributed by atoms with van der Waals surface area (Å²) in [5.41, 5.74) is 6.33. The first-order valence-electron chi connectivity index (χ1n) is 6.32. The average Bonchev–Trinajstić information content (AvgIpc) is 2.68. The summed E-state index contributed by atoms with van der Waals surface area (Å²) in [7, 11) is 0. The number of hydrogen-bond acceptors (Lipinski definition) is 1. The third-order valence-corrected chi connectivity index (χ3v) is 3.91. The highest BCUT2D eigenvalue weighted by Gasteiger charge is 2.16. The molecule has 2 nitrogen and oxygen atoms in total. The molecule has 1 heterocycles. The van der Waals surface area contributed by atoms with Gasteiger partial charge in [-0.15, -0.1) is 11.6 Å². The van der Waals surface area contributed by atoms with Gasteiger partial charge < -0.3 is 4.57 Å². The fourth-order valence-corrected chi connectivity index (χ4v) is 2.61. The lowest BCUT2D eigenvalue weighted by atomic mass is 10.1. The third-order valence-electron chi connectivity index (χ3n) is 3.67. The van der Waals surface area contributed by atoms with E-state index in [4.69, 9.17) is 11.6 Å². The van der Waals surface area contributed by atoms with E-state index in [1.165, 1.54) is 11.1 Å². The number of ketones is 1. The largest absolute Gasteiger partial charge is 0.317 e. The van der Waals surface area contributed by atoms with Crippen molar-refractivity contribution in [2.45, 2.75) is 27.7 Å². The monoisotopic (exact) mass is 275 g/mol. The zero-order chi connectivity index (χ0) is 14.2. The number of halogens is 1. The maximum absolute atomic E-state index is 11.8. The molecule has 0 unspecified atom stereocenters. The van der Waals surface area contributed by atoms with Gasteiger partial charge in [0.25, 0.3) is 0 Å². The van der Waals surface area contributed by atoms with Gasteiger partial charge >= 0.3 is 0 Å². The van der Waals surface area contributed by atoms with Gasteiger partial charge in [-0.3, -0.25) is 4.79 Å². The van der Waals surface area contributed by atoms with Crippen LogP contribution in [0.5, 0.6) is 0 Å². The van der Waals surface area contributed by atoms with Crippen LogP contribution in [0.25, 0.3) is 5.69 Å². The molecule has 0 N–H and O–H groups in total. The number of alkyl halides is 1. The molecular weight excluding hydrogens is 258 g/mol. The van der Waals surface area contributed by atoms with Crippen LogP contribution in [0.3, 0.4) is 0 Å². The van der Waals surface area contributed by atoms with Crippen LogP contribution in [0.2, 0.25) is 0 Å². The number of nitrogens with zero attached hydrogens (tertiary/aromatic N) is 1. The van der Waals surface area contributed by atoms with E-state index in [-0.39, 0.29) is 11.7 Å². The molecule has 1 aromatic heterocycles. The van der Waals surface area contributed by atoms with Crippen molar-refractivity contribution in [3.63, 3.8) is 0 Å². The second kappa shape index (κ2) is 5.22. The normalized spacial score (nSPS) is 10.8. The molecule has 0 radical (unpaired) electrons. The lowest BCUT2D eigenvalue weighted by Crippen LogP contribution is -2.05.